The van der Waals surface area contributed by atoms with Crippen LogP contribution in [0.25, 0.3) is 0 Å². The molecule has 2 aliphatic heterocycles. The molecule has 1 aromatic rings. The van der Waals surface area contributed by atoms with Crippen molar-refractivity contribution in [3.63, 3.8) is 0 Å². The standard InChI is InChI=1S/C15H19NO3/c1-3-10-7-18-14(6-16-10)11-4-5-12-13(9(11)2)8-19-15(12)17/h4-5,10,14,16H,3,6-8H2,1-2H3. The van der Waals surface area contributed by atoms with Crippen molar-refractivity contribution in [1.29, 1.82) is 0 Å². The van der Waals surface area contributed by atoms with E-state index < -0.39 is 0 Å². The molecule has 1 saturated heterocycles. The first kappa shape index (κ1) is 12.6. The lowest BCUT2D eigenvalue weighted by Crippen LogP contribution is -2.42. The number of ether oxygens (including phenoxy) is 2. The van der Waals surface area contributed by atoms with E-state index in [9.17, 15) is 4.79 Å². The first-order valence-corrected chi connectivity index (χ1v) is 6.85. The van der Waals surface area contributed by atoms with Crippen LogP contribution in [0.2, 0.25) is 0 Å². The third-order valence-electron chi connectivity index (χ3n) is 4.14. The number of hydrogen-bond donors (Lipinski definition) is 1. The zero-order valence-corrected chi connectivity index (χ0v) is 11.4. The molecule has 4 nitrogen and oxygen atoms in total. The highest BCUT2D eigenvalue weighted by molar-refractivity contribution is 5.93. The molecule has 2 heterocycles. The van der Waals surface area contributed by atoms with Crippen LogP contribution in [-0.4, -0.2) is 25.2 Å². The fourth-order valence-corrected chi connectivity index (χ4v) is 2.80. The molecule has 0 amide bonds. The summed E-state index contributed by atoms with van der Waals surface area (Å²) in [5.41, 5.74) is 4.02. The topological polar surface area (TPSA) is 47.6 Å². The number of rotatable bonds is 2. The summed E-state index contributed by atoms with van der Waals surface area (Å²) in [4.78, 5) is 11.5. The smallest absolute Gasteiger partial charge is 0.338 e. The first-order chi connectivity index (χ1) is 9.20. The maximum atomic E-state index is 11.5. The molecule has 0 radical (unpaired) electrons. The van der Waals surface area contributed by atoms with E-state index in [1.165, 1.54) is 5.56 Å². The van der Waals surface area contributed by atoms with Gasteiger partial charge in [0, 0.05) is 18.2 Å². The Hall–Kier alpha value is -1.39. The molecule has 0 aromatic heterocycles. The van der Waals surface area contributed by atoms with Gasteiger partial charge in [-0.1, -0.05) is 13.0 Å². The molecule has 1 aromatic carbocycles. The van der Waals surface area contributed by atoms with E-state index in [-0.39, 0.29) is 12.1 Å². The van der Waals surface area contributed by atoms with Gasteiger partial charge in [-0.05, 0) is 30.5 Å². The predicted octanol–water partition coefficient (Wildman–Crippen LogP) is 2.10. The number of benzene rings is 1. The number of nitrogens with one attached hydrogen (secondary N) is 1. The molecule has 0 aliphatic carbocycles. The fourth-order valence-electron chi connectivity index (χ4n) is 2.80. The van der Waals surface area contributed by atoms with Gasteiger partial charge < -0.3 is 14.8 Å². The maximum absolute atomic E-state index is 11.5. The van der Waals surface area contributed by atoms with Crippen LogP contribution in [0.3, 0.4) is 0 Å². The van der Waals surface area contributed by atoms with Gasteiger partial charge >= 0.3 is 5.97 Å². The van der Waals surface area contributed by atoms with Crippen molar-refractivity contribution >= 4 is 5.97 Å². The Kier molecular flexibility index (Phi) is 3.29. The monoisotopic (exact) mass is 261 g/mol. The second-order valence-corrected chi connectivity index (χ2v) is 5.22. The van der Waals surface area contributed by atoms with Crippen molar-refractivity contribution < 1.29 is 14.3 Å². The normalized spacial score (nSPS) is 26.1. The lowest BCUT2D eigenvalue weighted by Gasteiger charge is -2.31. The second-order valence-electron chi connectivity index (χ2n) is 5.22. The van der Waals surface area contributed by atoms with Crippen LogP contribution in [0, 0.1) is 6.92 Å². The van der Waals surface area contributed by atoms with E-state index in [0.29, 0.717) is 18.2 Å². The van der Waals surface area contributed by atoms with Crippen LogP contribution in [-0.2, 0) is 16.1 Å². The van der Waals surface area contributed by atoms with Gasteiger partial charge in [0.1, 0.15) is 6.61 Å². The van der Waals surface area contributed by atoms with Crippen LogP contribution in [0.15, 0.2) is 12.1 Å². The molecule has 0 spiro atoms. The van der Waals surface area contributed by atoms with Crippen molar-refractivity contribution in [3.05, 3.63) is 34.4 Å². The van der Waals surface area contributed by atoms with Crippen molar-refractivity contribution in [3.8, 4) is 0 Å². The van der Waals surface area contributed by atoms with E-state index in [2.05, 4.69) is 12.2 Å². The second kappa shape index (κ2) is 4.94. The minimum atomic E-state index is -0.210. The Balaban J connectivity index is 1.85. The Morgan fingerprint density at radius 3 is 2.95 bits per heavy atom. The minimum Gasteiger partial charge on any atom is -0.457 e. The van der Waals surface area contributed by atoms with Crippen molar-refractivity contribution in [2.45, 2.75) is 39.0 Å². The van der Waals surface area contributed by atoms with Crippen molar-refractivity contribution in [2.75, 3.05) is 13.2 Å². The molecule has 0 saturated carbocycles. The van der Waals surface area contributed by atoms with Gasteiger partial charge in [0.15, 0.2) is 0 Å². The molecule has 1 N–H and O–H groups in total. The fraction of sp³-hybridized carbons (Fsp3) is 0.533. The molecule has 3 rings (SSSR count). The Labute approximate surface area is 113 Å². The molecular weight excluding hydrogens is 242 g/mol. The van der Waals surface area contributed by atoms with Gasteiger partial charge in [-0.15, -0.1) is 0 Å². The van der Waals surface area contributed by atoms with Gasteiger partial charge in [-0.2, -0.15) is 0 Å². The summed E-state index contributed by atoms with van der Waals surface area (Å²) in [6, 6.07) is 4.32. The number of carbonyl (C=O) groups excluding carboxylic acids is 1. The van der Waals surface area contributed by atoms with Crippen molar-refractivity contribution in [2.24, 2.45) is 0 Å². The third kappa shape index (κ3) is 2.15. The maximum Gasteiger partial charge on any atom is 0.338 e. The molecule has 0 bridgehead atoms. The molecule has 102 valence electrons. The summed E-state index contributed by atoms with van der Waals surface area (Å²) in [5.74, 6) is -0.210. The number of hydrogen-bond acceptors (Lipinski definition) is 4. The van der Waals surface area contributed by atoms with Gasteiger partial charge in [-0.3, -0.25) is 0 Å². The highest BCUT2D eigenvalue weighted by atomic mass is 16.5. The minimum absolute atomic E-state index is 0.0730. The predicted molar refractivity (Wildman–Crippen MR) is 71.1 cm³/mol. The molecule has 2 atom stereocenters. The van der Waals surface area contributed by atoms with E-state index in [1.807, 2.05) is 19.1 Å². The quantitative estimate of drug-likeness (QED) is 0.828. The molecule has 1 fully saturated rings. The zero-order chi connectivity index (χ0) is 13.4. The Bertz CT molecular complexity index is 504. The lowest BCUT2D eigenvalue weighted by atomic mass is 9.94. The molecule has 19 heavy (non-hydrogen) atoms. The van der Waals surface area contributed by atoms with Gasteiger partial charge in [0.2, 0.25) is 0 Å². The summed E-state index contributed by atoms with van der Waals surface area (Å²) >= 11 is 0. The summed E-state index contributed by atoms with van der Waals surface area (Å²) < 4.78 is 11.0. The average molecular weight is 261 g/mol. The average Bonchev–Trinajstić information content (AvgIpc) is 2.82. The van der Waals surface area contributed by atoms with Gasteiger partial charge in [0.25, 0.3) is 0 Å². The summed E-state index contributed by atoms with van der Waals surface area (Å²) in [6.07, 6.45) is 1.15. The van der Waals surface area contributed by atoms with E-state index in [0.717, 1.165) is 30.7 Å². The summed E-state index contributed by atoms with van der Waals surface area (Å²) in [6.45, 7) is 6.17. The zero-order valence-electron chi connectivity index (χ0n) is 11.4. The highest BCUT2D eigenvalue weighted by Crippen LogP contribution is 2.31. The third-order valence-corrected chi connectivity index (χ3v) is 4.14. The van der Waals surface area contributed by atoms with E-state index >= 15 is 0 Å². The van der Waals surface area contributed by atoms with Crippen LogP contribution in [0.1, 0.15) is 46.5 Å². The number of fused-ring (bicyclic) bond motifs is 1. The summed E-state index contributed by atoms with van der Waals surface area (Å²) in [7, 11) is 0. The van der Waals surface area contributed by atoms with Crippen LogP contribution in [0.5, 0.6) is 0 Å². The Morgan fingerprint density at radius 2 is 2.26 bits per heavy atom. The molecular formula is C15H19NO3. The van der Waals surface area contributed by atoms with Crippen LogP contribution >= 0.6 is 0 Å². The molecule has 2 aliphatic rings. The first-order valence-electron chi connectivity index (χ1n) is 6.85. The molecule has 4 heteroatoms. The van der Waals surface area contributed by atoms with Gasteiger partial charge in [-0.25, -0.2) is 4.79 Å². The van der Waals surface area contributed by atoms with Gasteiger partial charge in [0.05, 0.1) is 18.3 Å². The van der Waals surface area contributed by atoms with Crippen LogP contribution in [0.4, 0.5) is 0 Å². The molecule has 2 unspecified atom stereocenters. The van der Waals surface area contributed by atoms with E-state index in [1.54, 1.807) is 0 Å². The number of morpholine rings is 1. The summed E-state index contributed by atoms with van der Waals surface area (Å²) in [5, 5.41) is 3.50. The lowest BCUT2D eigenvalue weighted by molar-refractivity contribution is 0.00184. The Morgan fingerprint density at radius 1 is 1.42 bits per heavy atom. The van der Waals surface area contributed by atoms with Crippen LogP contribution < -0.4 is 5.32 Å². The number of esters is 1. The number of carbonyl (C=O) groups is 1. The SMILES string of the molecule is CCC1COC(c2ccc3c(c2C)COC3=O)CN1. The highest BCUT2D eigenvalue weighted by Gasteiger charge is 2.28. The largest absolute Gasteiger partial charge is 0.457 e. The van der Waals surface area contributed by atoms with Crippen molar-refractivity contribution in [1.82, 2.24) is 5.32 Å². The number of cyclic esters (lactones) is 1. The van der Waals surface area contributed by atoms with E-state index in [4.69, 9.17) is 9.47 Å².